The highest BCUT2D eigenvalue weighted by atomic mass is 16.1. The van der Waals surface area contributed by atoms with Crippen molar-refractivity contribution in [3.8, 4) is 11.1 Å². The summed E-state index contributed by atoms with van der Waals surface area (Å²) in [6, 6.07) is 9.71. The number of ketones is 1. The first-order valence-electron chi connectivity index (χ1n) is 8.33. The van der Waals surface area contributed by atoms with Gasteiger partial charge in [0.05, 0.1) is 18.1 Å². The van der Waals surface area contributed by atoms with Crippen LogP contribution in [0.1, 0.15) is 11.4 Å². The van der Waals surface area contributed by atoms with E-state index in [2.05, 4.69) is 20.1 Å². The average molecular weight is 343 g/mol. The summed E-state index contributed by atoms with van der Waals surface area (Å²) in [5.74, 6) is 0.624. The van der Waals surface area contributed by atoms with Crippen LogP contribution in [0.2, 0.25) is 0 Å². The molecule has 26 heavy (non-hydrogen) atoms. The Hall–Kier alpha value is -3.41. The van der Waals surface area contributed by atoms with E-state index in [-0.39, 0.29) is 12.2 Å². The van der Waals surface area contributed by atoms with Crippen molar-refractivity contribution in [1.29, 1.82) is 0 Å². The van der Waals surface area contributed by atoms with Crippen LogP contribution in [0.3, 0.4) is 0 Å². The lowest BCUT2D eigenvalue weighted by Crippen LogP contribution is -2.09. The van der Waals surface area contributed by atoms with E-state index in [1.807, 2.05) is 49.8 Å². The number of rotatable bonds is 5. The molecule has 0 atom stereocenters. The molecule has 0 radical (unpaired) electrons. The molecule has 4 rings (SSSR count). The summed E-state index contributed by atoms with van der Waals surface area (Å²) in [7, 11) is 1.89. The quantitative estimate of drug-likeness (QED) is 0.557. The normalized spacial score (nSPS) is 11.0. The summed E-state index contributed by atoms with van der Waals surface area (Å²) >= 11 is 0. The highest BCUT2D eigenvalue weighted by molar-refractivity contribution is 5.85. The summed E-state index contributed by atoms with van der Waals surface area (Å²) in [5, 5.41) is 5.15. The Morgan fingerprint density at radius 2 is 1.88 bits per heavy atom. The molecule has 0 amide bonds. The minimum atomic E-state index is 0.0824. The van der Waals surface area contributed by atoms with Crippen molar-refractivity contribution in [3.63, 3.8) is 0 Å². The molecule has 6 heteroatoms. The molecule has 0 aliphatic heterocycles. The lowest BCUT2D eigenvalue weighted by atomic mass is 10.1. The summed E-state index contributed by atoms with van der Waals surface area (Å²) < 4.78 is 1.77. The second-order valence-electron chi connectivity index (χ2n) is 6.21. The molecule has 0 fully saturated rings. The minimum absolute atomic E-state index is 0.0824. The van der Waals surface area contributed by atoms with Gasteiger partial charge in [0.1, 0.15) is 11.6 Å². The molecule has 1 aromatic carbocycles. The number of aromatic nitrogens is 5. The first-order chi connectivity index (χ1) is 12.7. The van der Waals surface area contributed by atoms with E-state index in [1.54, 1.807) is 23.3 Å². The summed E-state index contributed by atoms with van der Waals surface area (Å²) in [6.07, 6.45) is 9.51. The molecular weight excluding hydrogens is 326 g/mol. The van der Waals surface area contributed by atoms with Crippen molar-refractivity contribution < 1.29 is 4.79 Å². The van der Waals surface area contributed by atoms with E-state index in [0.717, 1.165) is 27.6 Å². The molecule has 0 unspecified atom stereocenters. The van der Waals surface area contributed by atoms with Crippen LogP contribution in [0.25, 0.3) is 22.0 Å². The molecule has 6 nitrogen and oxygen atoms in total. The fraction of sp³-hybridized carbons (Fsp3) is 0.150. The molecule has 4 aromatic rings. The van der Waals surface area contributed by atoms with Gasteiger partial charge in [-0.05, 0) is 29.3 Å². The molecule has 0 spiro atoms. The van der Waals surface area contributed by atoms with Gasteiger partial charge < -0.3 is 0 Å². The van der Waals surface area contributed by atoms with Gasteiger partial charge in [-0.15, -0.1) is 0 Å². The number of fused-ring (bicyclic) bond motifs is 1. The van der Waals surface area contributed by atoms with Gasteiger partial charge >= 0.3 is 0 Å². The zero-order chi connectivity index (χ0) is 17.9. The van der Waals surface area contributed by atoms with E-state index in [4.69, 9.17) is 0 Å². The lowest BCUT2D eigenvalue weighted by molar-refractivity contribution is -0.117. The van der Waals surface area contributed by atoms with Crippen molar-refractivity contribution in [1.82, 2.24) is 24.7 Å². The largest absolute Gasteiger partial charge is 0.299 e. The summed E-state index contributed by atoms with van der Waals surface area (Å²) in [4.78, 5) is 25.2. The number of carbonyl (C=O) groups is 1. The summed E-state index contributed by atoms with van der Waals surface area (Å²) in [5.41, 5.74) is 3.85. The molecule has 0 bridgehead atoms. The third kappa shape index (κ3) is 3.49. The number of aryl methyl sites for hydroxylation is 1. The third-order valence-corrected chi connectivity index (χ3v) is 4.18. The number of carbonyl (C=O) groups excluding carboxylic acids is 1. The predicted molar refractivity (Wildman–Crippen MR) is 98.4 cm³/mol. The molecule has 0 aliphatic carbocycles. The molecule has 0 aliphatic rings. The zero-order valence-electron chi connectivity index (χ0n) is 14.3. The van der Waals surface area contributed by atoms with Gasteiger partial charge in [0, 0.05) is 49.2 Å². The fourth-order valence-corrected chi connectivity index (χ4v) is 2.86. The number of hydrogen-bond donors (Lipinski definition) is 0. The SMILES string of the molecule is Cn1cc(-c2ccc3cnc(CC(=O)Cc4ccncc4)nc3c2)cn1. The van der Waals surface area contributed by atoms with Gasteiger partial charge in [-0.25, -0.2) is 9.97 Å². The highest BCUT2D eigenvalue weighted by Gasteiger charge is 2.09. The maximum Gasteiger partial charge on any atom is 0.144 e. The Kier molecular flexibility index (Phi) is 4.23. The van der Waals surface area contributed by atoms with Crippen molar-refractivity contribution in [3.05, 3.63) is 72.7 Å². The maximum absolute atomic E-state index is 12.3. The van der Waals surface area contributed by atoms with Gasteiger partial charge in [0.15, 0.2) is 0 Å². The van der Waals surface area contributed by atoms with Gasteiger partial charge in [0.25, 0.3) is 0 Å². The first kappa shape index (κ1) is 16.1. The van der Waals surface area contributed by atoms with E-state index >= 15 is 0 Å². The lowest BCUT2D eigenvalue weighted by Gasteiger charge is -2.04. The third-order valence-electron chi connectivity index (χ3n) is 4.18. The number of benzene rings is 1. The molecule has 3 aromatic heterocycles. The number of Topliss-reactive ketones (excluding diaryl/α,β-unsaturated/α-hetero) is 1. The van der Waals surface area contributed by atoms with Crippen molar-refractivity contribution >= 4 is 16.7 Å². The maximum atomic E-state index is 12.3. The Morgan fingerprint density at radius 3 is 2.65 bits per heavy atom. The van der Waals surface area contributed by atoms with Gasteiger partial charge in [-0.1, -0.05) is 12.1 Å². The van der Waals surface area contributed by atoms with Crippen molar-refractivity contribution in [2.45, 2.75) is 12.8 Å². The van der Waals surface area contributed by atoms with E-state index < -0.39 is 0 Å². The second kappa shape index (κ2) is 6.84. The second-order valence-corrected chi connectivity index (χ2v) is 6.21. The summed E-state index contributed by atoms with van der Waals surface area (Å²) in [6.45, 7) is 0. The van der Waals surface area contributed by atoms with Gasteiger partial charge in [-0.3, -0.25) is 14.5 Å². The Bertz CT molecular complexity index is 1070. The van der Waals surface area contributed by atoms with Crippen LogP contribution in [-0.4, -0.2) is 30.5 Å². The Labute approximate surface area is 150 Å². The van der Waals surface area contributed by atoms with E-state index in [1.165, 1.54) is 0 Å². The Morgan fingerprint density at radius 1 is 1.04 bits per heavy atom. The smallest absolute Gasteiger partial charge is 0.144 e. The van der Waals surface area contributed by atoms with Gasteiger partial charge in [0.2, 0.25) is 0 Å². The van der Waals surface area contributed by atoms with Crippen LogP contribution in [0, 0.1) is 0 Å². The van der Waals surface area contributed by atoms with Crippen molar-refractivity contribution in [2.75, 3.05) is 0 Å². The highest BCUT2D eigenvalue weighted by Crippen LogP contribution is 2.22. The zero-order valence-corrected chi connectivity index (χ0v) is 14.3. The van der Waals surface area contributed by atoms with Crippen LogP contribution < -0.4 is 0 Å². The monoisotopic (exact) mass is 343 g/mol. The minimum Gasteiger partial charge on any atom is -0.299 e. The van der Waals surface area contributed by atoms with E-state index in [0.29, 0.717) is 12.2 Å². The van der Waals surface area contributed by atoms with Crippen LogP contribution in [0.4, 0.5) is 0 Å². The molecular formula is C20H17N5O. The number of pyridine rings is 1. The first-order valence-corrected chi connectivity index (χ1v) is 8.33. The number of hydrogen-bond acceptors (Lipinski definition) is 5. The molecule has 0 saturated heterocycles. The molecule has 3 heterocycles. The van der Waals surface area contributed by atoms with Crippen LogP contribution in [0.15, 0.2) is 61.3 Å². The topological polar surface area (TPSA) is 73.6 Å². The van der Waals surface area contributed by atoms with Crippen LogP contribution in [-0.2, 0) is 24.7 Å². The Balaban J connectivity index is 1.57. The van der Waals surface area contributed by atoms with Crippen LogP contribution >= 0.6 is 0 Å². The van der Waals surface area contributed by atoms with Gasteiger partial charge in [-0.2, -0.15) is 5.10 Å². The molecule has 0 saturated carbocycles. The predicted octanol–water partition coefficient (Wildman–Crippen LogP) is 2.78. The molecule has 0 N–H and O–H groups in total. The fourth-order valence-electron chi connectivity index (χ4n) is 2.86. The molecule has 128 valence electrons. The van der Waals surface area contributed by atoms with Crippen molar-refractivity contribution in [2.24, 2.45) is 7.05 Å². The van der Waals surface area contributed by atoms with Crippen LogP contribution in [0.5, 0.6) is 0 Å². The average Bonchev–Trinajstić information content (AvgIpc) is 3.08. The van der Waals surface area contributed by atoms with E-state index in [9.17, 15) is 4.79 Å². The standard InChI is InChI=1S/C20H17N5O/c1-25-13-17(12-23-25)15-2-3-16-11-22-20(24-19(16)9-15)10-18(26)8-14-4-6-21-7-5-14/h2-7,9,11-13H,8,10H2,1H3. The number of nitrogens with zero attached hydrogens (tertiary/aromatic N) is 5.